The van der Waals surface area contributed by atoms with E-state index in [0.29, 0.717) is 0 Å². The molecule has 0 unspecified atom stereocenters. The Morgan fingerprint density at radius 2 is 1.85 bits per heavy atom. The van der Waals surface area contributed by atoms with Gasteiger partial charge in [-0.3, -0.25) is 4.72 Å². The Bertz CT molecular complexity index is 698. The summed E-state index contributed by atoms with van der Waals surface area (Å²) in [6.45, 7) is 4.94. The first kappa shape index (κ1) is 14.4. The van der Waals surface area contributed by atoms with Crippen molar-refractivity contribution in [3.8, 4) is 0 Å². The topological polar surface area (TPSA) is 92.7 Å². The molecule has 0 bridgehead atoms. The Morgan fingerprint density at radius 3 is 2.45 bits per heavy atom. The van der Waals surface area contributed by atoms with Crippen LogP contribution in [0.3, 0.4) is 0 Å². The average molecular weight is 297 g/mol. The number of rotatable bonds is 1. The molecule has 1 aromatic rings. The number of benzene rings is 1. The summed E-state index contributed by atoms with van der Waals surface area (Å²) >= 11 is 0. The van der Waals surface area contributed by atoms with Gasteiger partial charge in [0, 0.05) is 5.56 Å². The first-order valence-electron chi connectivity index (χ1n) is 5.90. The molecule has 2 N–H and O–H groups in total. The molecule has 0 fully saturated rings. The number of fused-ring (bicyclic) bond motifs is 1. The zero-order valence-corrected chi connectivity index (χ0v) is 12.1. The van der Waals surface area contributed by atoms with E-state index in [0.717, 1.165) is 0 Å². The normalized spacial score (nSPS) is 17.1. The van der Waals surface area contributed by atoms with Crippen molar-refractivity contribution in [1.29, 1.82) is 0 Å². The maximum atomic E-state index is 12.0. The summed E-state index contributed by atoms with van der Waals surface area (Å²) in [6, 6.07) is 5.87. The molecule has 0 saturated heterocycles. The van der Waals surface area contributed by atoms with Crippen LogP contribution < -0.4 is 4.72 Å². The number of carbonyl (C=O) groups excluding carboxylic acids is 1. The molecule has 1 aliphatic rings. The molecule has 0 aromatic heterocycles. The van der Waals surface area contributed by atoms with Crippen LogP contribution in [-0.2, 0) is 19.6 Å². The van der Waals surface area contributed by atoms with Gasteiger partial charge in [0.25, 0.3) is 10.0 Å². The van der Waals surface area contributed by atoms with E-state index in [-0.39, 0.29) is 10.5 Å². The second-order valence-corrected chi connectivity index (χ2v) is 6.98. The Balaban J connectivity index is 2.54. The highest BCUT2D eigenvalue weighted by Crippen LogP contribution is 2.29. The number of aliphatic hydroxyl groups is 1. The molecule has 1 aromatic carbocycles. The van der Waals surface area contributed by atoms with Crippen molar-refractivity contribution < 1.29 is 23.1 Å². The molecule has 0 atom stereocenters. The first-order valence-corrected chi connectivity index (χ1v) is 7.39. The minimum atomic E-state index is -3.89. The number of hydrogen-bond acceptors (Lipinski definition) is 5. The summed E-state index contributed by atoms with van der Waals surface area (Å²) in [7, 11) is -3.89. The summed E-state index contributed by atoms with van der Waals surface area (Å²) in [5, 5.41) is 10.1. The molecule has 108 valence electrons. The Morgan fingerprint density at radius 1 is 1.25 bits per heavy atom. The van der Waals surface area contributed by atoms with Crippen LogP contribution in [-0.4, -0.2) is 25.1 Å². The van der Waals surface area contributed by atoms with Gasteiger partial charge in [-0.05, 0) is 32.9 Å². The molecule has 1 heterocycles. The number of carbonyl (C=O) groups is 1. The van der Waals surface area contributed by atoms with Gasteiger partial charge >= 0.3 is 5.97 Å². The fraction of sp³-hybridized carbons (Fsp3) is 0.308. The smallest absolute Gasteiger partial charge is 0.359 e. The molecule has 0 spiro atoms. The van der Waals surface area contributed by atoms with E-state index < -0.39 is 33.0 Å². The molecule has 6 nitrogen and oxygen atoms in total. The molecule has 20 heavy (non-hydrogen) atoms. The van der Waals surface area contributed by atoms with Crippen molar-refractivity contribution in [3.63, 3.8) is 0 Å². The van der Waals surface area contributed by atoms with Crippen LogP contribution in [0.25, 0.3) is 5.76 Å². The number of aliphatic hydroxyl groups excluding tert-OH is 1. The second kappa shape index (κ2) is 4.52. The summed E-state index contributed by atoms with van der Waals surface area (Å²) in [4.78, 5) is 11.9. The standard InChI is InChI=1S/C13H15NO5S/c1-13(2,3)19-12(16)10-11(15)8-6-4-5-7-9(8)20(17,18)14-10/h4-7,14-15H,1-3H3. The monoisotopic (exact) mass is 297 g/mol. The van der Waals surface area contributed by atoms with Gasteiger partial charge in [-0.2, -0.15) is 0 Å². The molecule has 2 rings (SSSR count). The van der Waals surface area contributed by atoms with Crippen molar-refractivity contribution in [2.45, 2.75) is 31.3 Å². The van der Waals surface area contributed by atoms with E-state index in [1.165, 1.54) is 18.2 Å². The maximum Gasteiger partial charge on any atom is 0.359 e. The Labute approximate surface area is 117 Å². The zero-order chi connectivity index (χ0) is 15.1. The van der Waals surface area contributed by atoms with Crippen molar-refractivity contribution in [2.24, 2.45) is 0 Å². The quantitative estimate of drug-likeness (QED) is 0.767. The summed E-state index contributed by atoms with van der Waals surface area (Å²) in [5.74, 6) is -1.36. The molecule has 0 radical (unpaired) electrons. The number of sulfonamides is 1. The summed E-state index contributed by atoms with van der Waals surface area (Å²) < 4.78 is 31.2. The van der Waals surface area contributed by atoms with E-state index in [2.05, 4.69) is 0 Å². The molecule has 0 amide bonds. The number of hydrogen-bond donors (Lipinski definition) is 2. The lowest BCUT2D eigenvalue weighted by molar-refractivity contribution is -0.150. The third-order valence-corrected chi connectivity index (χ3v) is 3.92. The Hall–Kier alpha value is -2.02. The van der Waals surface area contributed by atoms with Crippen LogP contribution in [0.4, 0.5) is 0 Å². The molecule has 0 saturated carbocycles. The van der Waals surface area contributed by atoms with Crippen molar-refractivity contribution in [2.75, 3.05) is 0 Å². The number of nitrogens with one attached hydrogen (secondary N) is 1. The van der Waals surface area contributed by atoms with Crippen LogP contribution in [0.15, 0.2) is 34.9 Å². The summed E-state index contributed by atoms with van der Waals surface area (Å²) in [5.41, 5.74) is -1.20. The van der Waals surface area contributed by atoms with E-state index in [4.69, 9.17) is 4.74 Å². The van der Waals surface area contributed by atoms with Crippen LogP contribution in [0, 0.1) is 0 Å². The molecule has 0 aliphatic carbocycles. The second-order valence-electron chi connectivity index (χ2n) is 5.33. The number of esters is 1. The lowest BCUT2D eigenvalue weighted by Gasteiger charge is -2.24. The minimum Gasteiger partial charge on any atom is -0.505 e. The number of ether oxygens (including phenoxy) is 1. The van der Waals surface area contributed by atoms with Gasteiger partial charge in [0.1, 0.15) is 5.60 Å². The van der Waals surface area contributed by atoms with E-state index >= 15 is 0 Å². The van der Waals surface area contributed by atoms with Gasteiger partial charge in [-0.25, -0.2) is 13.2 Å². The van der Waals surface area contributed by atoms with Crippen molar-refractivity contribution in [1.82, 2.24) is 4.72 Å². The third-order valence-electron chi connectivity index (χ3n) is 2.51. The van der Waals surface area contributed by atoms with Crippen LogP contribution in [0.1, 0.15) is 26.3 Å². The first-order chi connectivity index (χ1) is 9.12. The highest BCUT2D eigenvalue weighted by Gasteiger charge is 2.34. The van der Waals surface area contributed by atoms with Gasteiger partial charge < -0.3 is 9.84 Å². The lowest BCUT2D eigenvalue weighted by Crippen LogP contribution is -2.36. The van der Waals surface area contributed by atoms with E-state index in [1.807, 2.05) is 4.72 Å². The van der Waals surface area contributed by atoms with E-state index in [1.54, 1.807) is 26.8 Å². The average Bonchev–Trinajstić information content (AvgIpc) is 2.32. The van der Waals surface area contributed by atoms with Gasteiger partial charge in [0.05, 0.1) is 4.90 Å². The minimum absolute atomic E-state index is 0.0760. The summed E-state index contributed by atoms with van der Waals surface area (Å²) in [6.07, 6.45) is 0. The maximum absolute atomic E-state index is 12.0. The largest absolute Gasteiger partial charge is 0.505 e. The van der Waals surface area contributed by atoms with Crippen LogP contribution in [0.5, 0.6) is 0 Å². The molecule has 1 aliphatic heterocycles. The van der Waals surface area contributed by atoms with Crippen LogP contribution >= 0.6 is 0 Å². The third kappa shape index (κ3) is 2.62. The highest BCUT2D eigenvalue weighted by atomic mass is 32.2. The van der Waals surface area contributed by atoms with Crippen molar-refractivity contribution in [3.05, 3.63) is 35.5 Å². The van der Waals surface area contributed by atoms with Gasteiger partial charge in [0.15, 0.2) is 11.5 Å². The molecule has 7 heteroatoms. The van der Waals surface area contributed by atoms with Crippen molar-refractivity contribution >= 4 is 21.8 Å². The fourth-order valence-electron chi connectivity index (χ4n) is 1.74. The Kier molecular flexibility index (Phi) is 3.25. The molecular formula is C13H15NO5S. The van der Waals surface area contributed by atoms with Crippen LogP contribution in [0.2, 0.25) is 0 Å². The fourth-order valence-corrected chi connectivity index (χ4v) is 3.01. The van der Waals surface area contributed by atoms with E-state index in [9.17, 15) is 18.3 Å². The SMILES string of the molecule is CC(C)(C)OC(=O)C1=C(O)c2ccccc2S(=O)(=O)N1. The zero-order valence-electron chi connectivity index (χ0n) is 11.3. The highest BCUT2D eigenvalue weighted by molar-refractivity contribution is 7.89. The van der Waals surface area contributed by atoms with Gasteiger partial charge in [-0.15, -0.1) is 0 Å². The van der Waals surface area contributed by atoms with Gasteiger partial charge in [0.2, 0.25) is 0 Å². The predicted octanol–water partition coefficient (Wildman–Crippen LogP) is 1.55. The predicted molar refractivity (Wildman–Crippen MR) is 72.2 cm³/mol. The molecular weight excluding hydrogens is 282 g/mol. The van der Waals surface area contributed by atoms with Gasteiger partial charge in [-0.1, -0.05) is 12.1 Å². The lowest BCUT2D eigenvalue weighted by atomic mass is 10.1.